The van der Waals surface area contributed by atoms with E-state index < -0.39 is 0 Å². The first kappa shape index (κ1) is 10.2. The van der Waals surface area contributed by atoms with Crippen molar-refractivity contribution in [3.8, 4) is 0 Å². The van der Waals surface area contributed by atoms with Crippen LogP contribution in [-0.2, 0) is 4.74 Å². The number of anilines is 1. The van der Waals surface area contributed by atoms with Gasteiger partial charge in [0.15, 0.2) is 5.15 Å². The second-order valence-electron chi connectivity index (χ2n) is 2.36. The van der Waals surface area contributed by atoms with Crippen molar-refractivity contribution in [2.45, 2.75) is 6.92 Å². The fourth-order valence-corrected chi connectivity index (χ4v) is 0.907. The molecule has 1 aromatic heterocycles. The average Bonchev–Trinajstić information content (AvgIpc) is 2.15. The summed E-state index contributed by atoms with van der Waals surface area (Å²) in [6, 6.07) is 3.47. The van der Waals surface area contributed by atoms with Gasteiger partial charge in [0.1, 0.15) is 5.82 Å². The Morgan fingerprint density at radius 1 is 1.46 bits per heavy atom. The Morgan fingerprint density at radius 2 is 2.31 bits per heavy atom. The van der Waals surface area contributed by atoms with Crippen LogP contribution in [0.25, 0.3) is 0 Å². The van der Waals surface area contributed by atoms with Crippen LogP contribution in [0.1, 0.15) is 6.92 Å². The molecule has 0 amide bonds. The molecule has 0 unspecified atom stereocenters. The highest BCUT2D eigenvalue weighted by molar-refractivity contribution is 6.29. The lowest BCUT2D eigenvalue weighted by Gasteiger charge is -2.03. The van der Waals surface area contributed by atoms with Gasteiger partial charge in [0.25, 0.3) is 0 Å². The van der Waals surface area contributed by atoms with E-state index in [0.717, 1.165) is 13.2 Å². The summed E-state index contributed by atoms with van der Waals surface area (Å²) in [6.45, 7) is 4.08. The van der Waals surface area contributed by atoms with E-state index in [1.54, 1.807) is 12.1 Å². The number of ether oxygens (including phenoxy) is 1. The van der Waals surface area contributed by atoms with Gasteiger partial charge < -0.3 is 10.1 Å². The van der Waals surface area contributed by atoms with Crippen LogP contribution in [0, 0.1) is 0 Å². The van der Waals surface area contributed by atoms with Crippen molar-refractivity contribution in [2.75, 3.05) is 25.1 Å². The van der Waals surface area contributed by atoms with E-state index in [1.165, 1.54) is 0 Å². The molecular weight excluding hydrogens is 190 g/mol. The lowest BCUT2D eigenvalue weighted by Crippen LogP contribution is -2.10. The third-order valence-electron chi connectivity index (χ3n) is 1.39. The number of hydrogen-bond donors (Lipinski definition) is 1. The second kappa shape index (κ2) is 5.72. The van der Waals surface area contributed by atoms with Crippen molar-refractivity contribution in [3.63, 3.8) is 0 Å². The van der Waals surface area contributed by atoms with Crippen LogP contribution in [0.5, 0.6) is 0 Å². The third-order valence-corrected chi connectivity index (χ3v) is 1.59. The number of nitrogens with one attached hydrogen (secondary N) is 1. The molecule has 0 aliphatic rings. The standard InChI is InChI=1S/C8H12ClN3O/c1-2-13-6-5-10-8-4-3-7(9)11-12-8/h3-4H,2,5-6H2,1H3,(H,10,12). The van der Waals surface area contributed by atoms with Crippen LogP contribution in [0.4, 0.5) is 5.82 Å². The van der Waals surface area contributed by atoms with Gasteiger partial charge in [0.2, 0.25) is 0 Å². The molecule has 0 aliphatic heterocycles. The van der Waals surface area contributed by atoms with E-state index in [-0.39, 0.29) is 0 Å². The molecule has 0 atom stereocenters. The van der Waals surface area contributed by atoms with Crippen molar-refractivity contribution < 1.29 is 4.74 Å². The Labute approximate surface area is 82.3 Å². The molecular formula is C8H12ClN3O. The fourth-order valence-electron chi connectivity index (χ4n) is 0.806. The first-order valence-corrected chi connectivity index (χ1v) is 4.51. The highest BCUT2D eigenvalue weighted by Gasteiger charge is 1.93. The number of hydrogen-bond acceptors (Lipinski definition) is 4. The summed E-state index contributed by atoms with van der Waals surface area (Å²) in [7, 11) is 0. The summed E-state index contributed by atoms with van der Waals surface area (Å²) in [5, 5.41) is 11.0. The van der Waals surface area contributed by atoms with Crippen LogP contribution in [0.15, 0.2) is 12.1 Å². The Balaban J connectivity index is 2.25. The molecule has 1 rings (SSSR count). The van der Waals surface area contributed by atoms with Gasteiger partial charge in [-0.2, -0.15) is 0 Å². The number of halogens is 1. The zero-order valence-electron chi connectivity index (χ0n) is 7.46. The maximum absolute atomic E-state index is 5.57. The summed E-state index contributed by atoms with van der Waals surface area (Å²) in [4.78, 5) is 0. The largest absolute Gasteiger partial charge is 0.380 e. The van der Waals surface area contributed by atoms with Crippen molar-refractivity contribution in [1.82, 2.24) is 10.2 Å². The predicted octanol–water partition coefficient (Wildman–Crippen LogP) is 1.58. The van der Waals surface area contributed by atoms with Gasteiger partial charge in [-0.05, 0) is 19.1 Å². The van der Waals surface area contributed by atoms with Gasteiger partial charge in [-0.25, -0.2) is 0 Å². The first-order chi connectivity index (χ1) is 6.33. The maximum Gasteiger partial charge on any atom is 0.151 e. The smallest absolute Gasteiger partial charge is 0.151 e. The van der Waals surface area contributed by atoms with Crippen molar-refractivity contribution in [3.05, 3.63) is 17.3 Å². The molecule has 1 aromatic rings. The molecule has 0 aliphatic carbocycles. The monoisotopic (exact) mass is 201 g/mol. The Bertz CT molecular complexity index is 240. The van der Waals surface area contributed by atoms with Crippen LogP contribution in [0.3, 0.4) is 0 Å². The Morgan fingerprint density at radius 3 is 2.92 bits per heavy atom. The average molecular weight is 202 g/mol. The van der Waals surface area contributed by atoms with Crippen molar-refractivity contribution in [1.29, 1.82) is 0 Å². The van der Waals surface area contributed by atoms with Crippen molar-refractivity contribution in [2.24, 2.45) is 0 Å². The maximum atomic E-state index is 5.57. The summed E-state index contributed by atoms with van der Waals surface area (Å²) >= 11 is 5.57. The zero-order valence-corrected chi connectivity index (χ0v) is 8.21. The normalized spacial score (nSPS) is 10.0. The first-order valence-electron chi connectivity index (χ1n) is 4.13. The van der Waals surface area contributed by atoms with Gasteiger partial charge in [0.05, 0.1) is 6.61 Å². The van der Waals surface area contributed by atoms with E-state index >= 15 is 0 Å². The highest BCUT2D eigenvalue weighted by atomic mass is 35.5. The van der Waals surface area contributed by atoms with Gasteiger partial charge in [0, 0.05) is 13.2 Å². The zero-order chi connectivity index (χ0) is 9.52. The lowest BCUT2D eigenvalue weighted by atomic mass is 10.5. The number of aromatic nitrogens is 2. The molecule has 1 N–H and O–H groups in total. The SMILES string of the molecule is CCOCCNc1ccc(Cl)nn1. The van der Waals surface area contributed by atoms with Crippen LogP contribution in [0.2, 0.25) is 5.15 Å². The van der Waals surface area contributed by atoms with E-state index in [4.69, 9.17) is 16.3 Å². The molecule has 4 nitrogen and oxygen atoms in total. The van der Waals surface area contributed by atoms with Crippen LogP contribution >= 0.6 is 11.6 Å². The molecule has 13 heavy (non-hydrogen) atoms. The summed E-state index contributed by atoms with van der Waals surface area (Å²) in [5.41, 5.74) is 0. The van der Waals surface area contributed by atoms with Gasteiger partial charge in [-0.1, -0.05) is 11.6 Å². The minimum absolute atomic E-state index is 0.398. The molecule has 0 saturated heterocycles. The summed E-state index contributed by atoms with van der Waals surface area (Å²) < 4.78 is 5.14. The minimum Gasteiger partial charge on any atom is -0.380 e. The summed E-state index contributed by atoms with van der Waals surface area (Å²) in [5.74, 6) is 0.712. The van der Waals surface area contributed by atoms with Gasteiger partial charge in [-0.15, -0.1) is 10.2 Å². The minimum atomic E-state index is 0.398. The third kappa shape index (κ3) is 4.05. The van der Waals surface area contributed by atoms with E-state index in [9.17, 15) is 0 Å². The van der Waals surface area contributed by atoms with E-state index in [0.29, 0.717) is 17.6 Å². The second-order valence-corrected chi connectivity index (χ2v) is 2.75. The Hall–Kier alpha value is -0.870. The molecule has 5 heteroatoms. The highest BCUT2D eigenvalue weighted by Crippen LogP contribution is 2.05. The number of rotatable bonds is 5. The molecule has 0 bridgehead atoms. The molecule has 0 saturated carbocycles. The molecule has 0 radical (unpaired) electrons. The van der Waals surface area contributed by atoms with Crippen molar-refractivity contribution >= 4 is 17.4 Å². The molecule has 0 aromatic carbocycles. The summed E-state index contributed by atoms with van der Waals surface area (Å²) in [6.07, 6.45) is 0. The lowest BCUT2D eigenvalue weighted by molar-refractivity contribution is 0.158. The fraction of sp³-hybridized carbons (Fsp3) is 0.500. The topological polar surface area (TPSA) is 47.0 Å². The molecule has 1 heterocycles. The van der Waals surface area contributed by atoms with Gasteiger partial charge in [-0.3, -0.25) is 0 Å². The number of nitrogens with zero attached hydrogens (tertiary/aromatic N) is 2. The Kier molecular flexibility index (Phi) is 4.49. The van der Waals surface area contributed by atoms with Crippen LogP contribution in [-0.4, -0.2) is 30.0 Å². The predicted molar refractivity (Wildman–Crippen MR) is 52.0 cm³/mol. The van der Waals surface area contributed by atoms with E-state index in [1.807, 2.05) is 6.92 Å². The van der Waals surface area contributed by atoms with E-state index in [2.05, 4.69) is 15.5 Å². The molecule has 0 spiro atoms. The molecule has 0 fully saturated rings. The van der Waals surface area contributed by atoms with Gasteiger partial charge >= 0.3 is 0 Å². The van der Waals surface area contributed by atoms with Crippen LogP contribution < -0.4 is 5.32 Å². The quantitative estimate of drug-likeness (QED) is 0.735. The molecule has 72 valence electrons.